The average molecular weight is 544 g/mol. The number of esters is 1. The molecule has 6 atom stereocenters. The molecule has 0 radical (unpaired) electrons. The van der Waals surface area contributed by atoms with Crippen LogP contribution in [0.2, 0.25) is 0 Å². The zero-order chi connectivity index (χ0) is 30.2. The molecule has 1 fully saturated rings. The number of rotatable bonds is 11. The van der Waals surface area contributed by atoms with Crippen LogP contribution in [0.25, 0.3) is 0 Å². The first-order valence-corrected chi connectivity index (χ1v) is 15.1. The Balaban J connectivity index is 2.52. The predicted molar refractivity (Wildman–Crippen MR) is 158 cm³/mol. The maximum atomic E-state index is 13.2. The Kier molecular flexibility index (Phi) is 9.72. The predicted octanol–water partition coefficient (Wildman–Crippen LogP) is 8.06. The number of hydrogen-bond acceptors (Lipinski definition) is 5. The normalized spacial score (nSPS) is 31.4. The van der Waals surface area contributed by atoms with Gasteiger partial charge in [-0.3, -0.25) is 9.59 Å². The van der Waals surface area contributed by atoms with E-state index in [-0.39, 0.29) is 45.4 Å². The zero-order valence-corrected chi connectivity index (χ0v) is 27.1. The first-order valence-electron chi connectivity index (χ1n) is 15.1. The lowest BCUT2D eigenvalue weighted by Gasteiger charge is -2.64. The Bertz CT molecular complexity index is 999. The van der Waals surface area contributed by atoms with Gasteiger partial charge in [-0.05, 0) is 92.3 Å². The van der Waals surface area contributed by atoms with Crippen molar-refractivity contribution in [1.29, 1.82) is 5.26 Å². The largest absolute Gasteiger partial charge is 0.469 e. The molecular weight excluding hydrogens is 486 g/mol. The minimum absolute atomic E-state index is 0.0602. The van der Waals surface area contributed by atoms with Crippen LogP contribution in [0.15, 0.2) is 11.6 Å². The zero-order valence-electron chi connectivity index (χ0n) is 27.1. The third kappa shape index (κ3) is 6.17. The van der Waals surface area contributed by atoms with E-state index in [4.69, 9.17) is 4.74 Å². The first-order chi connectivity index (χ1) is 17.7. The van der Waals surface area contributed by atoms with Gasteiger partial charge >= 0.3 is 5.97 Å². The lowest BCUT2D eigenvalue weighted by molar-refractivity contribution is -0.160. The minimum atomic E-state index is -0.632. The molecule has 1 unspecified atom stereocenters. The summed E-state index contributed by atoms with van der Waals surface area (Å²) in [6.45, 7) is 23.8. The number of ether oxygens (including phenoxy) is 1. The fourth-order valence-corrected chi connectivity index (χ4v) is 8.07. The summed E-state index contributed by atoms with van der Waals surface area (Å²) in [5.74, 6) is -0.0348. The standard InChI is InChI=1S/C34H57NO4/c1-13-29(3,4)16-18-32(9,28(38)39-12)19-17-30(5,6)34(11)15-14-25-31(7,8)27(37)24(22-35)21-33(25,10)26(34)20-23(2)36/h21,23,25-26,36H,13-20H2,1-12H3/t23-,25?,26-,32+,33+,34-/m1/s1. The highest BCUT2D eigenvalue weighted by Gasteiger charge is 2.63. The number of allylic oxidation sites excluding steroid dienone is 2. The summed E-state index contributed by atoms with van der Waals surface area (Å²) >= 11 is 0. The Labute approximate surface area is 239 Å². The molecule has 5 heteroatoms. The highest BCUT2D eigenvalue weighted by Crippen LogP contribution is 2.68. The molecule has 0 aromatic rings. The number of carbonyl (C=O) groups excluding carboxylic acids is 2. The smallest absolute Gasteiger partial charge is 0.311 e. The summed E-state index contributed by atoms with van der Waals surface area (Å²) in [5, 5.41) is 20.6. The Morgan fingerprint density at radius 2 is 1.69 bits per heavy atom. The van der Waals surface area contributed by atoms with Crippen molar-refractivity contribution >= 4 is 11.8 Å². The second kappa shape index (κ2) is 11.3. The van der Waals surface area contributed by atoms with E-state index < -0.39 is 22.3 Å². The summed E-state index contributed by atoms with van der Waals surface area (Å²) in [6.07, 6.45) is 8.26. The Morgan fingerprint density at radius 3 is 2.18 bits per heavy atom. The minimum Gasteiger partial charge on any atom is -0.469 e. The molecule has 0 heterocycles. The quantitative estimate of drug-likeness (QED) is 0.266. The van der Waals surface area contributed by atoms with Crippen LogP contribution in [0.1, 0.15) is 128 Å². The number of aliphatic hydroxyl groups excluding tert-OH is 1. The number of aliphatic hydroxyl groups is 1. The van der Waals surface area contributed by atoms with Crippen LogP contribution in [0.3, 0.4) is 0 Å². The maximum Gasteiger partial charge on any atom is 0.311 e. The first kappa shape index (κ1) is 33.5. The topological polar surface area (TPSA) is 87.4 Å². The lowest BCUT2D eigenvalue weighted by Crippen LogP contribution is -2.60. The molecule has 1 saturated carbocycles. The van der Waals surface area contributed by atoms with Gasteiger partial charge in [0.1, 0.15) is 6.07 Å². The van der Waals surface area contributed by atoms with Gasteiger partial charge in [0.25, 0.3) is 0 Å². The average Bonchev–Trinajstić information content (AvgIpc) is 2.85. The van der Waals surface area contributed by atoms with Crippen molar-refractivity contribution in [2.75, 3.05) is 7.11 Å². The molecule has 0 spiro atoms. The van der Waals surface area contributed by atoms with Crippen molar-refractivity contribution in [2.45, 2.75) is 134 Å². The van der Waals surface area contributed by atoms with Gasteiger partial charge < -0.3 is 9.84 Å². The number of nitriles is 1. The number of fused-ring (bicyclic) bond motifs is 1. The van der Waals surface area contributed by atoms with Gasteiger partial charge in [0.2, 0.25) is 0 Å². The fourth-order valence-electron chi connectivity index (χ4n) is 8.07. The summed E-state index contributed by atoms with van der Waals surface area (Å²) in [5.41, 5.74) is -1.52. The van der Waals surface area contributed by atoms with E-state index in [0.29, 0.717) is 6.42 Å². The van der Waals surface area contributed by atoms with Crippen molar-refractivity contribution in [3.63, 3.8) is 0 Å². The third-order valence-corrected chi connectivity index (χ3v) is 11.9. The molecule has 222 valence electrons. The number of nitrogens with zero attached hydrogens (tertiary/aromatic N) is 1. The van der Waals surface area contributed by atoms with Gasteiger partial charge in [0.05, 0.1) is 24.2 Å². The lowest BCUT2D eigenvalue weighted by atomic mass is 9.39. The van der Waals surface area contributed by atoms with Gasteiger partial charge in [-0.15, -0.1) is 0 Å². The molecule has 0 amide bonds. The number of hydrogen-bond donors (Lipinski definition) is 1. The SMILES string of the molecule is CCC(C)(C)CC[C@@](C)(CCC(C)(C)[C@]1(C)CCC2C(C)(C)C(=O)C(C#N)=C[C@]2(C)[C@H]1C[C@@H](C)O)C(=O)OC. The summed E-state index contributed by atoms with van der Waals surface area (Å²) in [7, 11) is 1.49. The molecule has 2 rings (SSSR count). The molecule has 0 saturated heterocycles. The van der Waals surface area contributed by atoms with Crippen molar-refractivity contribution in [1.82, 2.24) is 0 Å². The highest BCUT2D eigenvalue weighted by atomic mass is 16.5. The summed E-state index contributed by atoms with van der Waals surface area (Å²) < 4.78 is 5.33. The second-order valence-corrected chi connectivity index (χ2v) is 15.7. The van der Waals surface area contributed by atoms with Crippen molar-refractivity contribution in [2.24, 2.45) is 44.3 Å². The van der Waals surface area contributed by atoms with E-state index in [9.17, 15) is 20.0 Å². The fraction of sp³-hybridized carbons (Fsp3) is 0.853. The molecule has 1 N–H and O–H groups in total. The van der Waals surface area contributed by atoms with Gasteiger partial charge in [-0.2, -0.15) is 5.26 Å². The number of ketones is 1. The number of carbonyl (C=O) groups is 2. The number of methoxy groups -OCH3 is 1. The van der Waals surface area contributed by atoms with Crippen LogP contribution in [-0.4, -0.2) is 30.1 Å². The molecule has 0 aromatic heterocycles. The van der Waals surface area contributed by atoms with E-state index in [1.807, 2.05) is 26.8 Å². The van der Waals surface area contributed by atoms with Gasteiger partial charge in [-0.1, -0.05) is 74.8 Å². The summed E-state index contributed by atoms with van der Waals surface area (Å²) in [6, 6.07) is 2.20. The highest BCUT2D eigenvalue weighted by molar-refractivity contribution is 6.04. The van der Waals surface area contributed by atoms with Crippen molar-refractivity contribution in [3.05, 3.63) is 11.6 Å². The van der Waals surface area contributed by atoms with E-state index in [1.54, 1.807) is 0 Å². The second-order valence-electron chi connectivity index (χ2n) is 15.7. The van der Waals surface area contributed by atoms with Crippen molar-refractivity contribution in [3.8, 4) is 6.07 Å². The Hall–Kier alpha value is -1.67. The molecule has 5 nitrogen and oxygen atoms in total. The molecule has 0 aliphatic heterocycles. The van der Waals surface area contributed by atoms with Crippen molar-refractivity contribution < 1.29 is 19.4 Å². The molecule has 2 aliphatic rings. The van der Waals surface area contributed by atoms with Gasteiger partial charge in [-0.25, -0.2) is 0 Å². The monoisotopic (exact) mass is 543 g/mol. The van der Waals surface area contributed by atoms with Crippen LogP contribution < -0.4 is 0 Å². The molecule has 39 heavy (non-hydrogen) atoms. The van der Waals surface area contributed by atoms with Crippen LogP contribution in [-0.2, 0) is 14.3 Å². The van der Waals surface area contributed by atoms with Gasteiger partial charge in [0, 0.05) is 5.41 Å². The maximum absolute atomic E-state index is 13.2. The van der Waals surface area contributed by atoms with Crippen LogP contribution in [0.5, 0.6) is 0 Å². The number of Topliss-reactive ketones (excluding diaryl/α,β-unsaturated/α-hetero) is 1. The molecule has 0 bridgehead atoms. The van der Waals surface area contributed by atoms with Crippen LogP contribution in [0.4, 0.5) is 0 Å². The van der Waals surface area contributed by atoms with E-state index in [2.05, 4.69) is 61.5 Å². The van der Waals surface area contributed by atoms with E-state index >= 15 is 0 Å². The molecule has 0 aromatic carbocycles. The van der Waals surface area contributed by atoms with Crippen LogP contribution in [0, 0.1) is 55.7 Å². The van der Waals surface area contributed by atoms with Gasteiger partial charge in [0.15, 0.2) is 5.78 Å². The Morgan fingerprint density at radius 1 is 1.13 bits per heavy atom. The van der Waals surface area contributed by atoms with E-state index in [0.717, 1.165) is 44.9 Å². The third-order valence-electron chi connectivity index (χ3n) is 11.9. The summed E-state index contributed by atoms with van der Waals surface area (Å²) in [4.78, 5) is 26.3. The molecule has 2 aliphatic carbocycles. The van der Waals surface area contributed by atoms with Crippen LogP contribution >= 0.6 is 0 Å². The van der Waals surface area contributed by atoms with E-state index in [1.165, 1.54) is 7.11 Å². The molecular formula is C34H57NO4.